The van der Waals surface area contributed by atoms with Crippen LogP contribution in [-0.2, 0) is 4.79 Å². The quantitative estimate of drug-likeness (QED) is 0.511. The van der Waals surface area contributed by atoms with Gasteiger partial charge >= 0.3 is 0 Å². The van der Waals surface area contributed by atoms with E-state index < -0.39 is 0 Å². The Bertz CT molecular complexity index is 928. The number of hydrogen-bond acceptors (Lipinski definition) is 3. The molecule has 1 saturated heterocycles. The van der Waals surface area contributed by atoms with E-state index in [2.05, 4.69) is 46.6 Å². The fourth-order valence-electron chi connectivity index (χ4n) is 4.60. The number of likely N-dealkylation sites (tertiary alicyclic amines) is 1. The summed E-state index contributed by atoms with van der Waals surface area (Å²) in [6.45, 7) is 2.76. The van der Waals surface area contributed by atoms with Gasteiger partial charge in [0.15, 0.2) is 0 Å². The zero-order valence-corrected chi connectivity index (χ0v) is 18.7. The van der Waals surface area contributed by atoms with Crippen LogP contribution in [0.4, 0.5) is 0 Å². The smallest absolute Gasteiger partial charge is 0.221 e. The lowest BCUT2D eigenvalue weighted by molar-refractivity contribution is -0.121. The van der Waals surface area contributed by atoms with Crippen LogP contribution in [0.25, 0.3) is 0 Å². The first-order chi connectivity index (χ1) is 15.7. The van der Waals surface area contributed by atoms with Crippen LogP contribution in [0.5, 0.6) is 5.75 Å². The number of rotatable bonds is 9. The van der Waals surface area contributed by atoms with Crippen LogP contribution in [0.3, 0.4) is 0 Å². The van der Waals surface area contributed by atoms with Crippen LogP contribution in [0.1, 0.15) is 47.9 Å². The molecule has 0 bridgehead atoms. The average molecular weight is 429 g/mol. The van der Waals surface area contributed by atoms with Gasteiger partial charge < -0.3 is 10.1 Å². The average Bonchev–Trinajstić information content (AvgIpc) is 3.39. The number of methoxy groups -OCH3 is 1. The third-order valence-electron chi connectivity index (χ3n) is 6.37. The zero-order valence-electron chi connectivity index (χ0n) is 18.7. The van der Waals surface area contributed by atoms with Gasteiger partial charge in [-0.2, -0.15) is 0 Å². The molecule has 1 aliphatic rings. The Labute approximate surface area is 191 Å². The number of hydrogen-bond donors (Lipinski definition) is 1. The highest BCUT2D eigenvalue weighted by molar-refractivity contribution is 5.77. The molecular weight excluding hydrogens is 396 g/mol. The van der Waals surface area contributed by atoms with E-state index in [1.54, 1.807) is 7.11 Å². The van der Waals surface area contributed by atoms with Gasteiger partial charge in [0.2, 0.25) is 5.91 Å². The summed E-state index contributed by atoms with van der Waals surface area (Å²) in [7, 11) is 1.68. The van der Waals surface area contributed by atoms with Crippen molar-refractivity contribution in [3.63, 3.8) is 0 Å². The Morgan fingerprint density at radius 2 is 1.41 bits per heavy atom. The molecule has 1 atom stereocenters. The Morgan fingerprint density at radius 1 is 0.844 bits per heavy atom. The lowest BCUT2D eigenvalue weighted by Gasteiger charge is -2.28. The monoisotopic (exact) mass is 428 g/mol. The predicted octanol–water partition coefficient (Wildman–Crippen LogP) is 5.17. The van der Waals surface area contributed by atoms with Crippen LogP contribution in [0, 0.1) is 0 Å². The molecule has 0 saturated carbocycles. The predicted molar refractivity (Wildman–Crippen MR) is 129 cm³/mol. The van der Waals surface area contributed by atoms with Gasteiger partial charge in [-0.15, -0.1) is 0 Å². The molecule has 3 aromatic rings. The lowest BCUT2D eigenvalue weighted by atomic mass is 9.88. The summed E-state index contributed by atoms with van der Waals surface area (Å²) >= 11 is 0. The first kappa shape index (κ1) is 22.1. The number of nitrogens with one attached hydrogen (secondary N) is 1. The second-order valence-corrected chi connectivity index (χ2v) is 8.41. The fraction of sp³-hybridized carbons (Fsp3) is 0.321. The van der Waals surface area contributed by atoms with Gasteiger partial charge in [0.25, 0.3) is 0 Å². The number of ether oxygens (including phenoxy) is 1. The van der Waals surface area contributed by atoms with Crippen molar-refractivity contribution in [2.75, 3.05) is 26.7 Å². The maximum absolute atomic E-state index is 13.1. The van der Waals surface area contributed by atoms with E-state index in [0.717, 1.165) is 18.8 Å². The van der Waals surface area contributed by atoms with Crippen molar-refractivity contribution in [3.8, 4) is 5.75 Å². The molecule has 0 spiro atoms. The third-order valence-corrected chi connectivity index (χ3v) is 6.37. The summed E-state index contributed by atoms with van der Waals surface area (Å²) in [5.74, 6) is 0.982. The van der Waals surface area contributed by atoms with Crippen molar-refractivity contribution < 1.29 is 9.53 Å². The standard InChI is InChI=1S/C28H32N2O2/c1-32-25-16-14-24(15-17-25)27(30-18-8-9-19-30)21-29-28(31)20-26(22-10-4-2-5-11-22)23-12-6-3-7-13-23/h2-7,10-17,26-27H,8-9,18-21H2,1H3,(H,29,31). The molecule has 1 fully saturated rings. The molecule has 4 heteroatoms. The minimum atomic E-state index is 0.0450. The van der Waals surface area contributed by atoms with Crippen LogP contribution >= 0.6 is 0 Å². The van der Waals surface area contributed by atoms with Crippen LogP contribution in [0.2, 0.25) is 0 Å². The molecule has 0 radical (unpaired) electrons. The van der Waals surface area contributed by atoms with E-state index in [-0.39, 0.29) is 17.9 Å². The number of carbonyl (C=O) groups is 1. The number of benzene rings is 3. The molecule has 3 aromatic carbocycles. The minimum absolute atomic E-state index is 0.0450. The molecular formula is C28H32N2O2. The van der Waals surface area contributed by atoms with Gasteiger partial charge in [-0.05, 0) is 54.8 Å². The van der Waals surface area contributed by atoms with Crippen molar-refractivity contribution in [3.05, 3.63) is 102 Å². The van der Waals surface area contributed by atoms with Crippen molar-refractivity contribution in [1.29, 1.82) is 0 Å². The number of amides is 1. The maximum Gasteiger partial charge on any atom is 0.221 e. The molecule has 1 heterocycles. The molecule has 1 unspecified atom stereocenters. The molecule has 0 aromatic heterocycles. The molecule has 0 aliphatic carbocycles. The fourth-order valence-corrected chi connectivity index (χ4v) is 4.60. The van der Waals surface area contributed by atoms with Crippen molar-refractivity contribution >= 4 is 5.91 Å². The largest absolute Gasteiger partial charge is 0.497 e. The molecule has 4 nitrogen and oxygen atoms in total. The van der Waals surface area contributed by atoms with E-state index in [1.807, 2.05) is 48.5 Å². The molecule has 1 aliphatic heterocycles. The van der Waals surface area contributed by atoms with Gasteiger partial charge in [-0.1, -0.05) is 72.8 Å². The Balaban J connectivity index is 1.46. The van der Waals surface area contributed by atoms with Gasteiger partial charge in [0.05, 0.1) is 13.2 Å². The van der Waals surface area contributed by atoms with E-state index in [4.69, 9.17) is 4.74 Å². The normalized spacial score (nSPS) is 14.9. The highest BCUT2D eigenvalue weighted by atomic mass is 16.5. The minimum Gasteiger partial charge on any atom is -0.497 e. The molecule has 1 amide bonds. The first-order valence-corrected chi connectivity index (χ1v) is 11.5. The Kier molecular flexibility index (Phi) is 7.57. The van der Waals surface area contributed by atoms with E-state index in [9.17, 15) is 4.79 Å². The maximum atomic E-state index is 13.1. The highest BCUT2D eigenvalue weighted by Gasteiger charge is 2.25. The van der Waals surface area contributed by atoms with Gasteiger partial charge in [-0.25, -0.2) is 0 Å². The first-order valence-electron chi connectivity index (χ1n) is 11.5. The van der Waals surface area contributed by atoms with Crippen molar-refractivity contribution in [2.24, 2.45) is 0 Å². The zero-order chi connectivity index (χ0) is 22.2. The topological polar surface area (TPSA) is 41.6 Å². The third kappa shape index (κ3) is 5.57. The summed E-state index contributed by atoms with van der Waals surface area (Å²) in [5.41, 5.74) is 3.55. The molecule has 1 N–H and O–H groups in total. The van der Waals surface area contributed by atoms with Gasteiger partial charge in [0, 0.05) is 18.9 Å². The second-order valence-electron chi connectivity index (χ2n) is 8.41. The van der Waals surface area contributed by atoms with Crippen molar-refractivity contribution in [1.82, 2.24) is 10.2 Å². The van der Waals surface area contributed by atoms with Gasteiger partial charge in [0.1, 0.15) is 5.75 Å². The van der Waals surface area contributed by atoms with Crippen LogP contribution < -0.4 is 10.1 Å². The molecule has 4 rings (SSSR count). The molecule has 32 heavy (non-hydrogen) atoms. The van der Waals surface area contributed by atoms with E-state index in [0.29, 0.717) is 13.0 Å². The number of carbonyl (C=O) groups excluding carboxylic acids is 1. The molecule has 166 valence electrons. The number of nitrogens with zero attached hydrogens (tertiary/aromatic N) is 1. The summed E-state index contributed by atoms with van der Waals surface area (Å²) in [6, 6.07) is 29.0. The summed E-state index contributed by atoms with van der Waals surface area (Å²) in [6.07, 6.45) is 2.86. The Morgan fingerprint density at radius 3 is 1.94 bits per heavy atom. The van der Waals surface area contributed by atoms with Gasteiger partial charge in [-0.3, -0.25) is 9.69 Å². The Hall–Kier alpha value is -3.11. The van der Waals surface area contributed by atoms with Crippen molar-refractivity contribution in [2.45, 2.75) is 31.2 Å². The van der Waals surface area contributed by atoms with E-state index >= 15 is 0 Å². The van der Waals surface area contributed by atoms with E-state index in [1.165, 1.54) is 29.5 Å². The lowest BCUT2D eigenvalue weighted by Crippen LogP contribution is -2.37. The highest BCUT2D eigenvalue weighted by Crippen LogP contribution is 2.29. The summed E-state index contributed by atoms with van der Waals surface area (Å²) in [4.78, 5) is 15.6. The SMILES string of the molecule is COc1ccc(C(CNC(=O)CC(c2ccccc2)c2ccccc2)N2CCCC2)cc1. The van der Waals surface area contributed by atoms with Crippen LogP contribution in [0.15, 0.2) is 84.9 Å². The second kappa shape index (κ2) is 11.0. The summed E-state index contributed by atoms with van der Waals surface area (Å²) in [5, 5.41) is 3.24. The van der Waals surface area contributed by atoms with Crippen LogP contribution in [-0.4, -0.2) is 37.6 Å². The summed E-state index contributed by atoms with van der Waals surface area (Å²) < 4.78 is 5.32.